The fourth-order valence-electron chi connectivity index (χ4n) is 1.85. The highest BCUT2D eigenvalue weighted by molar-refractivity contribution is 6.30. The topological polar surface area (TPSA) is 89.3 Å². The van der Waals surface area contributed by atoms with E-state index in [-0.39, 0.29) is 6.01 Å². The highest BCUT2D eigenvalue weighted by Gasteiger charge is 2.13. The molecule has 2 aromatic carbocycles. The van der Waals surface area contributed by atoms with Crippen LogP contribution in [0.5, 0.6) is 0 Å². The molecule has 22 heavy (non-hydrogen) atoms. The smallest absolute Gasteiger partial charge is 0.319 e. The summed E-state index contributed by atoms with van der Waals surface area (Å²) in [5.41, 5.74) is 10.5. The van der Waals surface area contributed by atoms with Crippen LogP contribution in [0.1, 0.15) is 11.4 Å². The number of hydrogen-bond acceptors (Lipinski definition) is 6. The van der Waals surface area contributed by atoms with Gasteiger partial charge < -0.3 is 10.3 Å². The number of benzene rings is 2. The Kier molecular flexibility index (Phi) is 4.02. The zero-order valence-electron chi connectivity index (χ0n) is 11.4. The van der Waals surface area contributed by atoms with E-state index in [4.69, 9.17) is 21.9 Å². The van der Waals surface area contributed by atoms with Crippen molar-refractivity contribution in [1.29, 1.82) is 0 Å². The van der Waals surface area contributed by atoms with Gasteiger partial charge in [0.15, 0.2) is 0 Å². The Hall–Kier alpha value is -2.86. The monoisotopic (exact) mass is 313 g/mol. The predicted molar refractivity (Wildman–Crippen MR) is 85.9 cm³/mol. The molecule has 1 aromatic heterocycles. The van der Waals surface area contributed by atoms with E-state index in [1.54, 1.807) is 12.1 Å². The number of anilines is 2. The van der Waals surface area contributed by atoms with Crippen LogP contribution in [0.3, 0.4) is 0 Å². The van der Waals surface area contributed by atoms with Crippen molar-refractivity contribution >= 4 is 29.0 Å². The molecule has 0 saturated carbocycles. The number of nitrogens with two attached hydrogens (primary N) is 1. The van der Waals surface area contributed by atoms with Crippen molar-refractivity contribution in [2.24, 2.45) is 5.10 Å². The first-order valence-electron chi connectivity index (χ1n) is 6.46. The quantitative estimate of drug-likeness (QED) is 0.570. The zero-order chi connectivity index (χ0) is 15.4. The molecule has 3 N–H and O–H groups in total. The van der Waals surface area contributed by atoms with E-state index in [0.717, 1.165) is 11.3 Å². The summed E-state index contributed by atoms with van der Waals surface area (Å²) in [7, 11) is 0. The van der Waals surface area contributed by atoms with Crippen LogP contribution in [0.4, 0.5) is 11.7 Å². The molecule has 3 rings (SSSR count). The van der Waals surface area contributed by atoms with Crippen LogP contribution in [-0.4, -0.2) is 15.9 Å². The van der Waals surface area contributed by atoms with Gasteiger partial charge in [-0.2, -0.15) is 10.1 Å². The van der Waals surface area contributed by atoms with E-state index < -0.39 is 0 Å². The Balaban J connectivity index is 1.96. The van der Waals surface area contributed by atoms with Crippen molar-refractivity contribution in [3.63, 3.8) is 0 Å². The molecule has 0 amide bonds. The van der Waals surface area contributed by atoms with Crippen LogP contribution in [0.2, 0.25) is 5.02 Å². The summed E-state index contributed by atoms with van der Waals surface area (Å²) in [6, 6.07) is 16.7. The molecule has 110 valence electrons. The maximum atomic E-state index is 5.95. The highest BCUT2D eigenvalue weighted by Crippen LogP contribution is 2.16. The Morgan fingerprint density at radius 1 is 1.14 bits per heavy atom. The first kappa shape index (κ1) is 14.1. The molecule has 0 fully saturated rings. The standard InChI is InChI=1S/C15H12ClN5O/c16-11-7-4-8-12(9-11)19-20-13(10-5-2-1-3-6-10)14-18-15(17)22-21-14/h1-9,19H,(H2,17,18,21)/b20-13-. The molecule has 7 heteroatoms. The first-order chi connectivity index (χ1) is 10.7. The number of hydrazone groups is 1. The Bertz CT molecular complexity index is 800. The molecule has 0 bridgehead atoms. The van der Waals surface area contributed by atoms with Crippen molar-refractivity contribution in [2.75, 3.05) is 11.2 Å². The van der Waals surface area contributed by atoms with Gasteiger partial charge in [-0.1, -0.05) is 53.2 Å². The van der Waals surface area contributed by atoms with Gasteiger partial charge in [-0.25, -0.2) is 0 Å². The van der Waals surface area contributed by atoms with Crippen molar-refractivity contribution in [1.82, 2.24) is 10.1 Å². The second-order valence-electron chi connectivity index (χ2n) is 4.40. The van der Waals surface area contributed by atoms with Gasteiger partial charge in [0.1, 0.15) is 5.71 Å². The lowest BCUT2D eigenvalue weighted by Crippen LogP contribution is -2.08. The third-order valence-corrected chi connectivity index (χ3v) is 3.06. The average Bonchev–Trinajstić information content (AvgIpc) is 2.95. The lowest BCUT2D eigenvalue weighted by atomic mass is 10.1. The number of nitrogens with zero attached hydrogens (tertiary/aromatic N) is 3. The fourth-order valence-corrected chi connectivity index (χ4v) is 2.04. The zero-order valence-corrected chi connectivity index (χ0v) is 12.2. The SMILES string of the molecule is Nc1nc(/C(=N\Nc2cccc(Cl)c2)c2ccccc2)no1. The van der Waals surface area contributed by atoms with Crippen molar-refractivity contribution < 1.29 is 4.52 Å². The summed E-state index contributed by atoms with van der Waals surface area (Å²) in [5, 5.41) is 8.79. The molecule has 6 nitrogen and oxygen atoms in total. The summed E-state index contributed by atoms with van der Waals surface area (Å²) in [5.74, 6) is 0.304. The summed E-state index contributed by atoms with van der Waals surface area (Å²) in [6.45, 7) is 0. The largest absolute Gasteiger partial charge is 0.351 e. The molecule has 3 aromatic rings. The van der Waals surface area contributed by atoms with Gasteiger partial charge in [0, 0.05) is 10.6 Å². The van der Waals surface area contributed by atoms with Gasteiger partial charge in [-0.05, 0) is 18.2 Å². The average molecular weight is 314 g/mol. The number of halogens is 1. The highest BCUT2D eigenvalue weighted by atomic mass is 35.5. The normalized spacial score (nSPS) is 11.4. The Morgan fingerprint density at radius 2 is 1.95 bits per heavy atom. The summed E-state index contributed by atoms with van der Waals surface area (Å²) < 4.78 is 4.83. The fraction of sp³-hybridized carbons (Fsp3) is 0. The van der Waals surface area contributed by atoms with E-state index in [1.807, 2.05) is 42.5 Å². The molecule has 0 aliphatic rings. The number of nitrogen functional groups attached to an aromatic ring is 1. The first-order valence-corrected chi connectivity index (χ1v) is 6.84. The summed E-state index contributed by atoms with van der Waals surface area (Å²) in [4.78, 5) is 4.02. The van der Waals surface area contributed by atoms with Gasteiger partial charge in [0.05, 0.1) is 5.69 Å². The van der Waals surface area contributed by atoms with Crippen LogP contribution in [0, 0.1) is 0 Å². The number of hydrogen-bond donors (Lipinski definition) is 2. The molecule has 0 atom stereocenters. The van der Waals surface area contributed by atoms with Gasteiger partial charge in [-0.15, -0.1) is 0 Å². The minimum absolute atomic E-state index is 0.0126. The lowest BCUT2D eigenvalue weighted by Gasteiger charge is -2.05. The molecule has 0 aliphatic carbocycles. The van der Waals surface area contributed by atoms with E-state index >= 15 is 0 Å². The second kappa shape index (κ2) is 6.28. The van der Waals surface area contributed by atoms with Gasteiger partial charge >= 0.3 is 6.01 Å². The van der Waals surface area contributed by atoms with Crippen LogP contribution >= 0.6 is 11.6 Å². The van der Waals surface area contributed by atoms with Gasteiger partial charge in [0.2, 0.25) is 5.82 Å². The molecule has 0 unspecified atom stereocenters. The van der Waals surface area contributed by atoms with Crippen molar-refractivity contribution in [3.05, 3.63) is 71.0 Å². The van der Waals surface area contributed by atoms with Crippen molar-refractivity contribution in [2.45, 2.75) is 0 Å². The predicted octanol–water partition coefficient (Wildman–Crippen LogP) is 3.17. The van der Waals surface area contributed by atoms with E-state index in [9.17, 15) is 0 Å². The maximum Gasteiger partial charge on any atom is 0.319 e. The maximum absolute atomic E-state index is 5.95. The van der Waals surface area contributed by atoms with Crippen LogP contribution in [-0.2, 0) is 0 Å². The van der Waals surface area contributed by atoms with Gasteiger partial charge in [-0.3, -0.25) is 5.43 Å². The van der Waals surface area contributed by atoms with Crippen LogP contribution in [0.15, 0.2) is 64.2 Å². The molecule has 1 heterocycles. The molecular weight excluding hydrogens is 302 g/mol. The molecule has 0 spiro atoms. The van der Waals surface area contributed by atoms with Crippen LogP contribution in [0.25, 0.3) is 0 Å². The molecule has 0 aliphatic heterocycles. The van der Waals surface area contributed by atoms with E-state index in [2.05, 4.69) is 20.7 Å². The van der Waals surface area contributed by atoms with Crippen molar-refractivity contribution in [3.8, 4) is 0 Å². The third kappa shape index (κ3) is 3.24. The summed E-state index contributed by atoms with van der Waals surface area (Å²) >= 11 is 5.95. The lowest BCUT2D eigenvalue weighted by molar-refractivity contribution is 0.433. The second-order valence-corrected chi connectivity index (χ2v) is 4.84. The third-order valence-electron chi connectivity index (χ3n) is 2.82. The molecular formula is C15H12ClN5O. The minimum atomic E-state index is -0.0126. The van der Waals surface area contributed by atoms with E-state index in [0.29, 0.717) is 16.6 Å². The molecule has 0 saturated heterocycles. The minimum Gasteiger partial charge on any atom is -0.351 e. The van der Waals surface area contributed by atoms with Gasteiger partial charge in [0.25, 0.3) is 0 Å². The Labute approximate surface area is 131 Å². The number of rotatable bonds is 4. The number of nitrogens with one attached hydrogen (secondary N) is 1. The van der Waals surface area contributed by atoms with E-state index in [1.165, 1.54) is 0 Å². The Morgan fingerprint density at radius 3 is 2.64 bits per heavy atom. The van der Waals surface area contributed by atoms with Crippen LogP contribution < -0.4 is 11.2 Å². The summed E-state index contributed by atoms with van der Waals surface area (Å²) in [6.07, 6.45) is 0. The number of aromatic nitrogens is 2. The molecule has 0 radical (unpaired) electrons.